The van der Waals surface area contributed by atoms with E-state index >= 15 is 0 Å². The Morgan fingerprint density at radius 3 is 2.83 bits per heavy atom. The molecule has 68 valence electrons. The lowest BCUT2D eigenvalue weighted by molar-refractivity contribution is 0.317. The third kappa shape index (κ3) is 2.21. The van der Waals surface area contributed by atoms with E-state index in [0.29, 0.717) is 0 Å². The van der Waals surface area contributed by atoms with Crippen molar-refractivity contribution in [3.05, 3.63) is 24.8 Å². The van der Waals surface area contributed by atoms with Crippen LogP contribution in [0.3, 0.4) is 0 Å². The van der Waals surface area contributed by atoms with Gasteiger partial charge < -0.3 is 5.32 Å². The topological polar surface area (TPSA) is 12.0 Å². The molecule has 12 heavy (non-hydrogen) atoms. The highest BCUT2D eigenvalue weighted by Gasteiger charge is 2.26. The highest BCUT2D eigenvalue weighted by molar-refractivity contribution is 5.09. The lowest BCUT2D eigenvalue weighted by Gasteiger charge is -2.35. The maximum Gasteiger partial charge on any atom is 0.0398 e. The molecule has 0 radical (unpaired) electrons. The maximum atomic E-state index is 3.81. The molecule has 0 aromatic heterocycles. The van der Waals surface area contributed by atoms with Crippen LogP contribution in [0, 0.1) is 0 Å². The van der Waals surface area contributed by atoms with Gasteiger partial charge in [0, 0.05) is 5.54 Å². The van der Waals surface area contributed by atoms with E-state index in [0.717, 1.165) is 13.0 Å². The van der Waals surface area contributed by atoms with E-state index < -0.39 is 0 Å². The minimum Gasteiger partial charge on any atom is -0.308 e. The molecule has 1 aliphatic rings. The van der Waals surface area contributed by atoms with Crippen LogP contribution in [0.25, 0.3) is 0 Å². The Morgan fingerprint density at radius 1 is 1.50 bits per heavy atom. The lowest BCUT2D eigenvalue weighted by atomic mass is 9.85. The van der Waals surface area contributed by atoms with Gasteiger partial charge in [0.15, 0.2) is 0 Å². The first kappa shape index (κ1) is 9.53. The van der Waals surface area contributed by atoms with Crippen molar-refractivity contribution in [1.82, 2.24) is 5.32 Å². The summed E-state index contributed by atoms with van der Waals surface area (Å²) < 4.78 is 0. The van der Waals surface area contributed by atoms with Crippen molar-refractivity contribution in [1.29, 1.82) is 0 Å². The van der Waals surface area contributed by atoms with E-state index in [9.17, 15) is 0 Å². The summed E-state index contributed by atoms with van der Waals surface area (Å²) in [6.07, 6.45) is 11.4. The van der Waals surface area contributed by atoms with Crippen LogP contribution in [-0.4, -0.2) is 12.1 Å². The molecule has 1 atom stereocenters. The molecule has 0 aromatic rings. The second-order valence-electron chi connectivity index (χ2n) is 3.53. The summed E-state index contributed by atoms with van der Waals surface area (Å²) in [6, 6.07) is 0. The van der Waals surface area contributed by atoms with Crippen molar-refractivity contribution in [3.63, 3.8) is 0 Å². The smallest absolute Gasteiger partial charge is 0.0398 e. The molecule has 1 nitrogen and oxygen atoms in total. The highest BCUT2D eigenvalue weighted by Crippen LogP contribution is 2.24. The molecule has 0 saturated carbocycles. The van der Waals surface area contributed by atoms with E-state index in [2.05, 4.69) is 31.0 Å². The van der Waals surface area contributed by atoms with Gasteiger partial charge in [-0.1, -0.05) is 24.6 Å². The quantitative estimate of drug-likeness (QED) is 0.634. The van der Waals surface area contributed by atoms with E-state index in [1.54, 1.807) is 0 Å². The second-order valence-corrected chi connectivity index (χ2v) is 3.53. The molecule has 1 N–H and O–H groups in total. The fourth-order valence-corrected chi connectivity index (χ4v) is 1.95. The van der Waals surface area contributed by atoms with Crippen molar-refractivity contribution in [2.24, 2.45) is 0 Å². The van der Waals surface area contributed by atoms with Crippen LogP contribution >= 0.6 is 0 Å². The first-order chi connectivity index (χ1) is 5.83. The zero-order valence-corrected chi connectivity index (χ0v) is 7.97. The summed E-state index contributed by atoms with van der Waals surface area (Å²) in [4.78, 5) is 0. The van der Waals surface area contributed by atoms with Gasteiger partial charge in [-0.05, 0) is 32.7 Å². The van der Waals surface area contributed by atoms with Crippen LogP contribution in [0.2, 0.25) is 0 Å². The third-order valence-corrected chi connectivity index (χ3v) is 2.52. The SMILES string of the molecule is C=CCC1(C=CC)CCCCN1. The predicted octanol–water partition coefficient (Wildman–Crippen LogP) is 2.65. The Hall–Kier alpha value is -0.560. The number of piperidine rings is 1. The van der Waals surface area contributed by atoms with E-state index in [1.165, 1.54) is 19.3 Å². The van der Waals surface area contributed by atoms with Gasteiger partial charge >= 0.3 is 0 Å². The Morgan fingerprint density at radius 2 is 2.33 bits per heavy atom. The summed E-state index contributed by atoms with van der Waals surface area (Å²) in [5.41, 5.74) is 0.231. The molecule has 1 rings (SSSR count). The highest BCUT2D eigenvalue weighted by atomic mass is 15.0. The van der Waals surface area contributed by atoms with Gasteiger partial charge in [0.25, 0.3) is 0 Å². The first-order valence-electron chi connectivity index (χ1n) is 4.83. The summed E-state index contributed by atoms with van der Waals surface area (Å²) in [5, 5.41) is 3.58. The van der Waals surface area contributed by atoms with Crippen molar-refractivity contribution in [3.8, 4) is 0 Å². The number of nitrogens with one attached hydrogen (secondary N) is 1. The number of hydrogen-bond acceptors (Lipinski definition) is 1. The molecule has 1 heteroatoms. The number of allylic oxidation sites excluding steroid dienone is 1. The minimum atomic E-state index is 0.231. The molecule has 1 aliphatic heterocycles. The summed E-state index contributed by atoms with van der Waals surface area (Å²) in [7, 11) is 0. The van der Waals surface area contributed by atoms with Gasteiger partial charge in [0.1, 0.15) is 0 Å². The van der Waals surface area contributed by atoms with Gasteiger partial charge in [-0.3, -0.25) is 0 Å². The summed E-state index contributed by atoms with van der Waals surface area (Å²) in [5.74, 6) is 0. The molecule has 1 heterocycles. The Labute approximate surface area is 75.6 Å². The van der Waals surface area contributed by atoms with Crippen molar-refractivity contribution in [2.75, 3.05) is 6.54 Å². The van der Waals surface area contributed by atoms with Crippen LogP contribution in [0.15, 0.2) is 24.8 Å². The van der Waals surface area contributed by atoms with Crippen molar-refractivity contribution < 1.29 is 0 Å². The average molecular weight is 165 g/mol. The molecule has 1 saturated heterocycles. The zero-order chi connectivity index (χ0) is 8.86. The molecule has 0 aromatic carbocycles. The Kier molecular flexibility index (Phi) is 3.54. The largest absolute Gasteiger partial charge is 0.308 e. The summed E-state index contributed by atoms with van der Waals surface area (Å²) in [6.45, 7) is 7.04. The van der Waals surface area contributed by atoms with Gasteiger partial charge in [0.05, 0.1) is 0 Å². The first-order valence-corrected chi connectivity index (χ1v) is 4.83. The van der Waals surface area contributed by atoms with Crippen LogP contribution in [0.1, 0.15) is 32.6 Å². The molecule has 0 aliphatic carbocycles. The number of hydrogen-bond donors (Lipinski definition) is 1. The molecular weight excluding hydrogens is 146 g/mol. The van der Waals surface area contributed by atoms with E-state index in [1.807, 2.05) is 6.08 Å². The van der Waals surface area contributed by atoms with Crippen LogP contribution in [-0.2, 0) is 0 Å². The van der Waals surface area contributed by atoms with Gasteiger partial charge in [-0.15, -0.1) is 6.58 Å². The van der Waals surface area contributed by atoms with Gasteiger partial charge in [-0.2, -0.15) is 0 Å². The molecule has 0 spiro atoms. The minimum absolute atomic E-state index is 0.231. The lowest BCUT2D eigenvalue weighted by Crippen LogP contribution is -2.46. The van der Waals surface area contributed by atoms with E-state index in [4.69, 9.17) is 0 Å². The maximum absolute atomic E-state index is 3.81. The fraction of sp³-hybridized carbons (Fsp3) is 0.636. The monoisotopic (exact) mass is 165 g/mol. The van der Waals surface area contributed by atoms with Crippen molar-refractivity contribution >= 4 is 0 Å². The van der Waals surface area contributed by atoms with Crippen molar-refractivity contribution in [2.45, 2.75) is 38.1 Å². The molecular formula is C11H19N. The Balaban J connectivity index is 2.62. The molecule has 0 bridgehead atoms. The molecule has 0 amide bonds. The predicted molar refractivity (Wildman–Crippen MR) is 54.2 cm³/mol. The molecule has 1 fully saturated rings. The summed E-state index contributed by atoms with van der Waals surface area (Å²) >= 11 is 0. The third-order valence-electron chi connectivity index (χ3n) is 2.52. The average Bonchev–Trinajstić information content (AvgIpc) is 2.07. The zero-order valence-electron chi connectivity index (χ0n) is 7.97. The second kappa shape index (κ2) is 4.46. The van der Waals surface area contributed by atoms with Crippen LogP contribution in [0.4, 0.5) is 0 Å². The standard InChI is InChI=1S/C11H19N/c1-3-7-11(8-4-2)9-5-6-10-12-11/h3-4,8,12H,1,5-7,9-10H2,2H3. The van der Waals surface area contributed by atoms with Crippen LogP contribution < -0.4 is 5.32 Å². The number of rotatable bonds is 3. The fourth-order valence-electron chi connectivity index (χ4n) is 1.95. The van der Waals surface area contributed by atoms with Gasteiger partial charge in [-0.25, -0.2) is 0 Å². The van der Waals surface area contributed by atoms with Crippen LogP contribution in [0.5, 0.6) is 0 Å². The molecule has 1 unspecified atom stereocenters. The van der Waals surface area contributed by atoms with Gasteiger partial charge in [0.2, 0.25) is 0 Å². The normalized spacial score (nSPS) is 30.8. The van der Waals surface area contributed by atoms with E-state index in [-0.39, 0.29) is 5.54 Å². The Bertz CT molecular complexity index is 164.